The number of aromatic nitrogens is 2. The van der Waals surface area contributed by atoms with Crippen molar-refractivity contribution in [2.24, 2.45) is 0 Å². The molecule has 0 saturated heterocycles. The van der Waals surface area contributed by atoms with Crippen LogP contribution >= 0.6 is 23.4 Å². The minimum Gasteiger partial charge on any atom is -0.485 e. The number of para-hydroxylation sites is 2. The van der Waals surface area contributed by atoms with E-state index >= 15 is 0 Å². The Labute approximate surface area is 186 Å². The summed E-state index contributed by atoms with van der Waals surface area (Å²) in [4.78, 5) is 12.0. The molecule has 0 fully saturated rings. The zero-order valence-corrected chi connectivity index (χ0v) is 18.0. The molecule has 0 saturated carbocycles. The fourth-order valence-electron chi connectivity index (χ4n) is 3.37. The van der Waals surface area contributed by atoms with E-state index in [0.29, 0.717) is 39.0 Å². The molecule has 158 valence electrons. The fraction of sp³-hybridized carbons (Fsp3) is 0.227. The molecule has 1 unspecified atom stereocenters. The van der Waals surface area contributed by atoms with E-state index in [9.17, 15) is 4.79 Å². The average Bonchev–Trinajstić information content (AvgIpc) is 3.26. The van der Waals surface area contributed by atoms with Gasteiger partial charge in [-0.2, -0.15) is 0 Å². The van der Waals surface area contributed by atoms with Crippen LogP contribution in [0.25, 0.3) is 11.0 Å². The van der Waals surface area contributed by atoms with Gasteiger partial charge in [0.05, 0.1) is 0 Å². The third-order valence-corrected chi connectivity index (χ3v) is 6.15. The second-order valence-corrected chi connectivity index (χ2v) is 8.28. The highest BCUT2D eigenvalue weighted by molar-refractivity contribution is 7.98. The quantitative estimate of drug-likeness (QED) is 0.299. The lowest BCUT2D eigenvalue weighted by Gasteiger charge is -2.23. The molecule has 9 heteroatoms. The standard InChI is InChI=1S/C22H17ClN2O5S/c1-2-12-7-18-14(9-15(12)23)13(8-20(26)29-18)11-31-22-25-24-21(30-22)19-10-27-16-5-3-4-6-17(16)28-19/h3-9,19H,2,10-11H2,1H3. The number of nitrogens with zero attached hydrogens (tertiary/aromatic N) is 2. The second-order valence-electron chi connectivity index (χ2n) is 6.94. The van der Waals surface area contributed by atoms with Gasteiger partial charge in [-0.1, -0.05) is 42.4 Å². The maximum Gasteiger partial charge on any atom is 0.336 e. The van der Waals surface area contributed by atoms with Crippen molar-refractivity contribution in [3.05, 3.63) is 74.9 Å². The Bertz CT molecular complexity index is 1320. The van der Waals surface area contributed by atoms with Gasteiger partial charge in [0.1, 0.15) is 12.2 Å². The smallest absolute Gasteiger partial charge is 0.336 e. The monoisotopic (exact) mass is 456 g/mol. The maximum absolute atomic E-state index is 12.0. The molecular formula is C22H17ClN2O5S. The molecule has 2 aromatic carbocycles. The Balaban J connectivity index is 1.35. The van der Waals surface area contributed by atoms with Crippen molar-refractivity contribution in [1.82, 2.24) is 10.2 Å². The molecule has 0 spiro atoms. The van der Waals surface area contributed by atoms with E-state index in [0.717, 1.165) is 22.9 Å². The molecule has 0 radical (unpaired) electrons. The van der Waals surface area contributed by atoms with Crippen LogP contribution in [0.5, 0.6) is 11.5 Å². The van der Waals surface area contributed by atoms with Crippen molar-refractivity contribution in [3.8, 4) is 11.5 Å². The normalized spacial score (nSPS) is 15.4. The Morgan fingerprint density at radius 1 is 1.10 bits per heavy atom. The van der Waals surface area contributed by atoms with E-state index in [2.05, 4.69) is 10.2 Å². The third kappa shape index (κ3) is 4.00. The van der Waals surface area contributed by atoms with Gasteiger partial charge in [-0.25, -0.2) is 4.79 Å². The van der Waals surface area contributed by atoms with Gasteiger partial charge in [-0.15, -0.1) is 10.2 Å². The summed E-state index contributed by atoms with van der Waals surface area (Å²) in [6.45, 7) is 2.28. The van der Waals surface area contributed by atoms with Gasteiger partial charge in [0.25, 0.3) is 11.1 Å². The Morgan fingerprint density at radius 3 is 2.77 bits per heavy atom. The van der Waals surface area contributed by atoms with E-state index in [4.69, 9.17) is 29.9 Å². The van der Waals surface area contributed by atoms with Crippen molar-refractivity contribution < 1.29 is 18.3 Å². The lowest BCUT2D eigenvalue weighted by atomic mass is 10.1. The van der Waals surface area contributed by atoms with Crippen molar-refractivity contribution in [2.45, 2.75) is 30.4 Å². The van der Waals surface area contributed by atoms with Crippen LogP contribution in [-0.2, 0) is 12.2 Å². The minimum absolute atomic E-state index is 0.284. The molecule has 2 aromatic heterocycles. The fourth-order valence-corrected chi connectivity index (χ4v) is 4.43. The van der Waals surface area contributed by atoms with Crippen LogP contribution in [-0.4, -0.2) is 16.8 Å². The number of fused-ring (bicyclic) bond motifs is 2. The molecule has 7 nitrogen and oxygen atoms in total. The van der Waals surface area contributed by atoms with Crippen LogP contribution in [0, 0.1) is 0 Å². The zero-order chi connectivity index (χ0) is 21.4. The topological polar surface area (TPSA) is 87.6 Å². The van der Waals surface area contributed by atoms with Gasteiger partial charge >= 0.3 is 5.63 Å². The van der Waals surface area contributed by atoms with Crippen LogP contribution in [0.2, 0.25) is 5.02 Å². The van der Waals surface area contributed by atoms with Gasteiger partial charge < -0.3 is 18.3 Å². The van der Waals surface area contributed by atoms with E-state index in [1.165, 1.54) is 17.8 Å². The van der Waals surface area contributed by atoms with Crippen LogP contribution in [0.3, 0.4) is 0 Å². The van der Waals surface area contributed by atoms with Crippen LogP contribution in [0.15, 0.2) is 61.3 Å². The Morgan fingerprint density at radius 2 is 1.94 bits per heavy atom. The number of rotatable bonds is 5. The van der Waals surface area contributed by atoms with Gasteiger partial charge in [0.15, 0.2) is 11.5 Å². The molecule has 4 aromatic rings. The number of hydrogen-bond acceptors (Lipinski definition) is 8. The molecule has 0 aliphatic carbocycles. The molecule has 3 heterocycles. The molecule has 1 aliphatic heterocycles. The van der Waals surface area contributed by atoms with Crippen molar-refractivity contribution in [1.29, 1.82) is 0 Å². The number of thioether (sulfide) groups is 1. The van der Waals surface area contributed by atoms with Gasteiger partial charge in [-0.3, -0.25) is 0 Å². The predicted octanol–water partition coefficient (Wildman–Crippen LogP) is 5.20. The number of aryl methyl sites for hydroxylation is 1. The highest BCUT2D eigenvalue weighted by Gasteiger charge is 2.27. The Kier molecular flexibility index (Phi) is 5.33. The molecule has 0 bridgehead atoms. The summed E-state index contributed by atoms with van der Waals surface area (Å²) in [6, 6.07) is 12.5. The van der Waals surface area contributed by atoms with Crippen LogP contribution in [0.4, 0.5) is 0 Å². The summed E-state index contributed by atoms with van der Waals surface area (Å²) < 4.78 is 22.7. The summed E-state index contributed by atoms with van der Waals surface area (Å²) in [5, 5.41) is 9.99. The Hall–Kier alpha value is -2.97. The lowest BCUT2D eigenvalue weighted by Crippen LogP contribution is -2.21. The van der Waals surface area contributed by atoms with E-state index in [1.54, 1.807) is 0 Å². The number of halogens is 1. The molecule has 5 rings (SSSR count). The average molecular weight is 457 g/mol. The first-order valence-electron chi connectivity index (χ1n) is 9.70. The lowest BCUT2D eigenvalue weighted by molar-refractivity contribution is 0.0686. The summed E-state index contributed by atoms with van der Waals surface area (Å²) in [5.74, 6) is 2.10. The van der Waals surface area contributed by atoms with E-state index < -0.39 is 11.7 Å². The van der Waals surface area contributed by atoms with Gasteiger partial charge in [-0.05, 0) is 41.8 Å². The first-order valence-corrected chi connectivity index (χ1v) is 11.1. The molecule has 1 atom stereocenters. The number of hydrogen-bond donors (Lipinski definition) is 0. The predicted molar refractivity (Wildman–Crippen MR) is 116 cm³/mol. The van der Waals surface area contributed by atoms with Crippen molar-refractivity contribution in [3.63, 3.8) is 0 Å². The van der Waals surface area contributed by atoms with Crippen LogP contribution < -0.4 is 15.1 Å². The summed E-state index contributed by atoms with van der Waals surface area (Å²) in [5.41, 5.74) is 1.82. The first-order chi connectivity index (χ1) is 15.1. The second kappa shape index (κ2) is 8.28. The summed E-state index contributed by atoms with van der Waals surface area (Å²) in [6.07, 6.45) is 0.271. The van der Waals surface area contributed by atoms with E-state index in [-0.39, 0.29) is 6.61 Å². The highest BCUT2D eigenvalue weighted by Crippen LogP contribution is 2.36. The third-order valence-electron chi connectivity index (χ3n) is 4.94. The SMILES string of the molecule is CCc1cc2oc(=O)cc(CSc3nnc(C4COc5ccccc5O4)o3)c2cc1Cl. The number of ether oxygens (including phenoxy) is 2. The largest absolute Gasteiger partial charge is 0.485 e. The number of benzene rings is 2. The highest BCUT2D eigenvalue weighted by atomic mass is 35.5. The van der Waals surface area contributed by atoms with E-state index in [1.807, 2.05) is 43.3 Å². The molecule has 31 heavy (non-hydrogen) atoms. The summed E-state index contributed by atoms with van der Waals surface area (Å²) in [7, 11) is 0. The molecule has 1 aliphatic rings. The molecule has 0 N–H and O–H groups in total. The first kappa shape index (κ1) is 20.0. The van der Waals surface area contributed by atoms with Gasteiger partial charge in [0.2, 0.25) is 6.10 Å². The molecular weight excluding hydrogens is 440 g/mol. The maximum atomic E-state index is 12.0. The van der Waals surface area contributed by atoms with Gasteiger partial charge in [0, 0.05) is 22.2 Å². The minimum atomic E-state index is -0.479. The van der Waals surface area contributed by atoms with Crippen molar-refractivity contribution >= 4 is 34.3 Å². The summed E-state index contributed by atoms with van der Waals surface area (Å²) >= 11 is 7.69. The molecule has 0 amide bonds. The van der Waals surface area contributed by atoms with Crippen molar-refractivity contribution in [2.75, 3.05) is 6.61 Å². The zero-order valence-electron chi connectivity index (χ0n) is 16.5. The van der Waals surface area contributed by atoms with Crippen LogP contribution in [0.1, 0.15) is 30.0 Å².